The molecule has 0 spiro atoms. The van der Waals surface area contributed by atoms with Crippen LogP contribution < -0.4 is 10.6 Å². The minimum Gasteiger partial charge on any atom is -0.329 e. The van der Waals surface area contributed by atoms with Crippen molar-refractivity contribution in [2.45, 2.75) is 0 Å². The lowest BCUT2D eigenvalue weighted by Crippen LogP contribution is -2.51. The van der Waals surface area contributed by atoms with Crippen LogP contribution in [-0.2, 0) is 4.79 Å². The molecule has 0 aliphatic carbocycles. The van der Waals surface area contributed by atoms with Gasteiger partial charge in [0.2, 0.25) is 5.91 Å². The van der Waals surface area contributed by atoms with E-state index in [9.17, 15) is 4.79 Å². The van der Waals surface area contributed by atoms with Gasteiger partial charge in [-0.3, -0.25) is 9.69 Å². The average molecular weight is 298 g/mol. The van der Waals surface area contributed by atoms with Gasteiger partial charge in [-0.25, -0.2) is 0 Å². The molecule has 1 aliphatic heterocycles. The number of hydrogen-bond donors (Lipinski definition) is 1. The molecule has 1 aromatic carbocycles. The minimum absolute atomic E-state index is 0.145. The highest BCUT2D eigenvalue weighted by Gasteiger charge is 2.24. The van der Waals surface area contributed by atoms with Crippen molar-refractivity contribution < 1.29 is 4.79 Å². The predicted molar refractivity (Wildman–Crippen MR) is 72.0 cm³/mol. The molecule has 17 heavy (non-hydrogen) atoms. The highest BCUT2D eigenvalue weighted by atomic mass is 79.9. The number of carbonyl (C=O) groups excluding carboxylic acids is 1. The average Bonchev–Trinajstić information content (AvgIpc) is 2.31. The second kappa shape index (κ2) is 5.62. The van der Waals surface area contributed by atoms with Crippen molar-refractivity contribution in [1.29, 1.82) is 0 Å². The fourth-order valence-corrected chi connectivity index (χ4v) is 2.25. The third-order valence-corrected chi connectivity index (χ3v) is 3.41. The number of carbonyl (C=O) groups is 1. The van der Waals surface area contributed by atoms with Gasteiger partial charge < -0.3 is 10.6 Å². The standard InChI is InChI=1S/C12H16BrN3O/c13-10-1-3-11(4-2-10)16-8-7-15(6-5-14)9-12(16)17/h1-4H,5-9,14H2. The fourth-order valence-electron chi connectivity index (χ4n) is 1.99. The molecule has 0 saturated carbocycles. The van der Waals surface area contributed by atoms with Gasteiger partial charge in [0.05, 0.1) is 6.54 Å². The summed E-state index contributed by atoms with van der Waals surface area (Å²) in [6.07, 6.45) is 0. The predicted octanol–water partition coefficient (Wildman–Crippen LogP) is 1.06. The van der Waals surface area contributed by atoms with Crippen LogP contribution in [0.4, 0.5) is 5.69 Å². The van der Waals surface area contributed by atoms with E-state index in [0.29, 0.717) is 13.1 Å². The molecule has 2 rings (SSSR count). The van der Waals surface area contributed by atoms with E-state index in [1.54, 1.807) is 0 Å². The van der Waals surface area contributed by atoms with Crippen LogP contribution >= 0.6 is 15.9 Å². The van der Waals surface area contributed by atoms with Gasteiger partial charge in [-0.05, 0) is 24.3 Å². The summed E-state index contributed by atoms with van der Waals surface area (Å²) in [6.45, 7) is 3.48. The molecule has 1 fully saturated rings. The topological polar surface area (TPSA) is 49.6 Å². The van der Waals surface area contributed by atoms with E-state index in [0.717, 1.165) is 29.8 Å². The lowest BCUT2D eigenvalue weighted by molar-refractivity contribution is -0.121. The Balaban J connectivity index is 2.04. The van der Waals surface area contributed by atoms with E-state index in [-0.39, 0.29) is 5.91 Å². The Morgan fingerprint density at radius 2 is 1.94 bits per heavy atom. The number of anilines is 1. The van der Waals surface area contributed by atoms with Crippen LogP contribution in [0.2, 0.25) is 0 Å². The molecule has 0 atom stereocenters. The summed E-state index contributed by atoms with van der Waals surface area (Å²) in [5, 5.41) is 0. The molecule has 5 heteroatoms. The van der Waals surface area contributed by atoms with Crippen molar-refractivity contribution in [3.05, 3.63) is 28.7 Å². The van der Waals surface area contributed by atoms with Crippen molar-refractivity contribution in [2.75, 3.05) is 37.6 Å². The molecule has 0 radical (unpaired) electrons. The Hall–Kier alpha value is -0.910. The molecule has 4 nitrogen and oxygen atoms in total. The maximum Gasteiger partial charge on any atom is 0.241 e. The molecular formula is C12H16BrN3O. The number of amides is 1. The van der Waals surface area contributed by atoms with Gasteiger partial charge in [-0.15, -0.1) is 0 Å². The maximum atomic E-state index is 12.0. The van der Waals surface area contributed by atoms with Crippen LogP contribution in [0, 0.1) is 0 Å². The molecule has 1 heterocycles. The lowest BCUT2D eigenvalue weighted by atomic mass is 10.2. The summed E-state index contributed by atoms with van der Waals surface area (Å²) < 4.78 is 1.02. The summed E-state index contributed by atoms with van der Waals surface area (Å²) in [7, 11) is 0. The molecule has 0 aromatic heterocycles. The third kappa shape index (κ3) is 3.06. The molecule has 0 bridgehead atoms. The largest absolute Gasteiger partial charge is 0.329 e. The normalized spacial score (nSPS) is 17.5. The number of benzene rings is 1. The van der Waals surface area contributed by atoms with Crippen LogP contribution in [0.3, 0.4) is 0 Å². The van der Waals surface area contributed by atoms with Gasteiger partial charge in [0.1, 0.15) is 0 Å². The van der Waals surface area contributed by atoms with E-state index >= 15 is 0 Å². The zero-order valence-electron chi connectivity index (χ0n) is 9.60. The fraction of sp³-hybridized carbons (Fsp3) is 0.417. The monoisotopic (exact) mass is 297 g/mol. The molecule has 1 amide bonds. The summed E-state index contributed by atoms with van der Waals surface area (Å²) in [6, 6.07) is 7.82. The molecule has 1 aliphatic rings. The lowest BCUT2D eigenvalue weighted by Gasteiger charge is -2.34. The molecule has 1 aromatic rings. The van der Waals surface area contributed by atoms with E-state index in [2.05, 4.69) is 20.8 Å². The molecular weight excluding hydrogens is 282 g/mol. The number of rotatable bonds is 3. The van der Waals surface area contributed by atoms with Gasteiger partial charge in [0.25, 0.3) is 0 Å². The van der Waals surface area contributed by atoms with Crippen molar-refractivity contribution >= 4 is 27.5 Å². The second-order valence-corrected chi connectivity index (χ2v) is 5.00. The number of halogens is 1. The first-order chi connectivity index (χ1) is 8.20. The van der Waals surface area contributed by atoms with Crippen LogP contribution in [-0.4, -0.2) is 43.5 Å². The zero-order valence-corrected chi connectivity index (χ0v) is 11.2. The van der Waals surface area contributed by atoms with Crippen LogP contribution in [0.25, 0.3) is 0 Å². The smallest absolute Gasteiger partial charge is 0.241 e. The van der Waals surface area contributed by atoms with Crippen molar-refractivity contribution in [3.8, 4) is 0 Å². The first-order valence-corrected chi connectivity index (χ1v) is 6.48. The summed E-state index contributed by atoms with van der Waals surface area (Å²) in [5.74, 6) is 0.145. The highest BCUT2D eigenvalue weighted by Crippen LogP contribution is 2.20. The Bertz CT molecular complexity index is 393. The molecule has 1 saturated heterocycles. The van der Waals surface area contributed by atoms with Gasteiger partial charge in [0, 0.05) is 36.3 Å². The molecule has 92 valence electrons. The number of piperazine rings is 1. The van der Waals surface area contributed by atoms with E-state index in [4.69, 9.17) is 5.73 Å². The SMILES string of the molecule is NCCN1CCN(c2ccc(Br)cc2)C(=O)C1. The minimum atomic E-state index is 0.145. The van der Waals surface area contributed by atoms with E-state index in [1.165, 1.54) is 0 Å². The number of nitrogens with two attached hydrogens (primary N) is 1. The molecule has 2 N–H and O–H groups in total. The first kappa shape index (κ1) is 12.5. The Kier molecular flexibility index (Phi) is 4.15. The van der Waals surface area contributed by atoms with Gasteiger partial charge in [-0.1, -0.05) is 15.9 Å². The van der Waals surface area contributed by atoms with E-state index in [1.807, 2.05) is 29.2 Å². The quantitative estimate of drug-likeness (QED) is 0.907. The maximum absolute atomic E-state index is 12.0. The first-order valence-electron chi connectivity index (χ1n) is 5.69. The summed E-state index contributed by atoms with van der Waals surface area (Å²) >= 11 is 3.39. The Morgan fingerprint density at radius 1 is 1.24 bits per heavy atom. The van der Waals surface area contributed by atoms with E-state index < -0.39 is 0 Å². The number of hydrogen-bond acceptors (Lipinski definition) is 3. The van der Waals surface area contributed by atoms with Gasteiger partial charge >= 0.3 is 0 Å². The molecule has 0 unspecified atom stereocenters. The summed E-state index contributed by atoms with van der Waals surface area (Å²) in [4.78, 5) is 15.9. The Labute approximate surface area is 110 Å². The van der Waals surface area contributed by atoms with Crippen LogP contribution in [0.5, 0.6) is 0 Å². The van der Waals surface area contributed by atoms with Crippen molar-refractivity contribution in [1.82, 2.24) is 4.90 Å². The zero-order chi connectivity index (χ0) is 12.3. The van der Waals surface area contributed by atoms with Gasteiger partial charge in [-0.2, -0.15) is 0 Å². The third-order valence-electron chi connectivity index (χ3n) is 2.88. The van der Waals surface area contributed by atoms with Crippen molar-refractivity contribution in [3.63, 3.8) is 0 Å². The van der Waals surface area contributed by atoms with Gasteiger partial charge in [0.15, 0.2) is 0 Å². The second-order valence-electron chi connectivity index (χ2n) is 4.09. The van der Waals surface area contributed by atoms with Crippen LogP contribution in [0.1, 0.15) is 0 Å². The Morgan fingerprint density at radius 3 is 2.53 bits per heavy atom. The number of nitrogens with zero attached hydrogens (tertiary/aromatic N) is 2. The van der Waals surface area contributed by atoms with Crippen LogP contribution in [0.15, 0.2) is 28.7 Å². The highest BCUT2D eigenvalue weighted by molar-refractivity contribution is 9.10. The van der Waals surface area contributed by atoms with Crippen molar-refractivity contribution in [2.24, 2.45) is 5.73 Å². The summed E-state index contributed by atoms with van der Waals surface area (Å²) in [5.41, 5.74) is 6.46.